The van der Waals surface area contributed by atoms with Crippen molar-refractivity contribution in [1.82, 2.24) is 0 Å². The van der Waals surface area contributed by atoms with Crippen molar-refractivity contribution in [2.75, 3.05) is 4.72 Å². The molecule has 0 saturated carbocycles. The van der Waals surface area contributed by atoms with Gasteiger partial charge in [0.25, 0.3) is 15.7 Å². The predicted octanol–water partition coefficient (Wildman–Crippen LogP) is 3.01. The van der Waals surface area contributed by atoms with Crippen LogP contribution < -0.4 is 4.72 Å². The van der Waals surface area contributed by atoms with Crippen molar-refractivity contribution in [3.63, 3.8) is 0 Å². The van der Waals surface area contributed by atoms with Crippen LogP contribution in [0.5, 0.6) is 0 Å². The smallest absolute Gasteiger partial charge is 0.279 e. The van der Waals surface area contributed by atoms with Gasteiger partial charge in [-0.2, -0.15) is 0 Å². The van der Waals surface area contributed by atoms with E-state index >= 15 is 0 Å². The third-order valence-electron chi connectivity index (χ3n) is 2.90. The number of nitrogens with zero attached hydrogens (tertiary/aromatic N) is 1. The van der Waals surface area contributed by atoms with Crippen LogP contribution in [0.15, 0.2) is 47.4 Å². The van der Waals surface area contributed by atoms with Crippen molar-refractivity contribution < 1.29 is 13.3 Å². The van der Waals surface area contributed by atoms with E-state index in [2.05, 4.69) is 4.72 Å². The second kappa shape index (κ2) is 5.53. The van der Waals surface area contributed by atoms with Crippen molar-refractivity contribution >= 4 is 21.4 Å². The number of rotatable bonds is 4. The first-order valence-electron chi connectivity index (χ1n) is 6.14. The highest BCUT2D eigenvalue weighted by Gasteiger charge is 2.25. The Morgan fingerprint density at radius 2 is 1.57 bits per heavy atom. The molecule has 0 radical (unpaired) electrons. The van der Waals surface area contributed by atoms with Crippen LogP contribution in [0.4, 0.5) is 11.4 Å². The van der Waals surface area contributed by atoms with E-state index in [1.54, 1.807) is 31.2 Å². The summed E-state index contributed by atoms with van der Waals surface area (Å²) >= 11 is 0. The van der Waals surface area contributed by atoms with Crippen LogP contribution in [0.2, 0.25) is 0 Å². The third-order valence-corrected chi connectivity index (χ3v) is 4.33. The Morgan fingerprint density at radius 1 is 1.00 bits per heavy atom. The summed E-state index contributed by atoms with van der Waals surface area (Å²) in [6.45, 7) is 3.54. The Labute approximate surface area is 122 Å². The lowest BCUT2D eigenvalue weighted by Crippen LogP contribution is -2.14. The Balaban J connectivity index is 2.44. The van der Waals surface area contributed by atoms with E-state index in [1.165, 1.54) is 18.2 Å². The molecule has 6 nitrogen and oxygen atoms in total. The van der Waals surface area contributed by atoms with Crippen LogP contribution >= 0.6 is 0 Å². The van der Waals surface area contributed by atoms with Gasteiger partial charge in [-0.15, -0.1) is 0 Å². The first kappa shape index (κ1) is 15.0. The van der Waals surface area contributed by atoms with Gasteiger partial charge in [-0.05, 0) is 37.6 Å². The molecule has 0 bridgehead atoms. The molecule has 0 fully saturated rings. The highest BCUT2D eigenvalue weighted by atomic mass is 32.2. The molecule has 0 aliphatic rings. The molecule has 0 aromatic heterocycles. The summed E-state index contributed by atoms with van der Waals surface area (Å²) in [6, 6.07) is 10.7. The van der Waals surface area contributed by atoms with Crippen LogP contribution in [0, 0.1) is 24.0 Å². The number of benzene rings is 2. The zero-order valence-corrected chi connectivity index (χ0v) is 12.3. The van der Waals surface area contributed by atoms with Gasteiger partial charge in [0.15, 0.2) is 4.90 Å². The van der Waals surface area contributed by atoms with E-state index in [0.29, 0.717) is 11.3 Å². The minimum absolute atomic E-state index is 0.348. The Bertz CT molecular complexity index is 783. The van der Waals surface area contributed by atoms with Gasteiger partial charge in [0.05, 0.1) is 4.92 Å². The number of aryl methyl sites for hydroxylation is 2. The fraction of sp³-hybridized carbons (Fsp3) is 0.143. The van der Waals surface area contributed by atoms with Gasteiger partial charge in [-0.1, -0.05) is 23.8 Å². The van der Waals surface area contributed by atoms with Gasteiger partial charge in [0.1, 0.15) is 0 Å². The second-order valence-electron chi connectivity index (χ2n) is 4.70. The predicted molar refractivity (Wildman–Crippen MR) is 79.8 cm³/mol. The summed E-state index contributed by atoms with van der Waals surface area (Å²) < 4.78 is 27.0. The fourth-order valence-corrected chi connectivity index (χ4v) is 3.04. The first-order valence-corrected chi connectivity index (χ1v) is 7.62. The number of nitro benzene ring substituents is 1. The molecule has 1 N–H and O–H groups in total. The van der Waals surface area contributed by atoms with Crippen molar-refractivity contribution in [1.29, 1.82) is 0 Å². The van der Waals surface area contributed by atoms with Crippen molar-refractivity contribution in [3.8, 4) is 0 Å². The van der Waals surface area contributed by atoms with Gasteiger partial charge in [-0.25, -0.2) is 8.42 Å². The minimum atomic E-state index is -4.01. The number of nitrogens with one attached hydrogen (secondary N) is 1. The largest absolute Gasteiger partial charge is 0.290 e. The maximum atomic E-state index is 12.3. The van der Waals surface area contributed by atoms with Crippen molar-refractivity contribution in [2.45, 2.75) is 18.7 Å². The number of hydrogen-bond donors (Lipinski definition) is 1. The van der Waals surface area contributed by atoms with Gasteiger partial charge >= 0.3 is 0 Å². The lowest BCUT2D eigenvalue weighted by Gasteiger charge is -2.09. The van der Waals surface area contributed by atoms with Crippen LogP contribution in [-0.2, 0) is 10.0 Å². The summed E-state index contributed by atoms with van der Waals surface area (Å²) in [5.74, 6) is 0. The van der Waals surface area contributed by atoms with Gasteiger partial charge in [0, 0.05) is 11.8 Å². The average molecular weight is 306 g/mol. The Hall–Kier alpha value is -2.41. The van der Waals surface area contributed by atoms with Crippen molar-refractivity contribution in [3.05, 3.63) is 63.7 Å². The molecule has 0 atom stereocenters. The average Bonchev–Trinajstić information content (AvgIpc) is 2.40. The summed E-state index contributed by atoms with van der Waals surface area (Å²) in [5, 5.41) is 11.0. The monoisotopic (exact) mass is 306 g/mol. The standard InChI is InChI=1S/C14H14N2O4S/c1-10-3-6-12(7-4-10)15-21(19,20)14-8-5-11(2)9-13(14)16(17)18/h3-9,15H,1-2H3. The first-order chi connectivity index (χ1) is 9.79. The number of nitro groups is 1. The van der Waals surface area contributed by atoms with E-state index in [-0.39, 0.29) is 4.90 Å². The van der Waals surface area contributed by atoms with E-state index in [9.17, 15) is 18.5 Å². The third kappa shape index (κ3) is 3.38. The molecule has 2 aromatic rings. The van der Waals surface area contributed by atoms with Gasteiger partial charge < -0.3 is 0 Å². The summed E-state index contributed by atoms with van der Waals surface area (Å²) in [6.07, 6.45) is 0. The molecule has 2 rings (SSSR count). The summed E-state index contributed by atoms with van der Waals surface area (Å²) in [7, 11) is -4.01. The zero-order valence-electron chi connectivity index (χ0n) is 11.5. The topological polar surface area (TPSA) is 89.3 Å². The SMILES string of the molecule is Cc1ccc(NS(=O)(=O)c2ccc(C)cc2[N+](=O)[O-])cc1. The maximum Gasteiger partial charge on any atom is 0.290 e. The normalized spacial score (nSPS) is 11.1. The Morgan fingerprint density at radius 3 is 2.14 bits per heavy atom. The van der Waals surface area contributed by atoms with Crippen LogP contribution in [-0.4, -0.2) is 13.3 Å². The van der Waals surface area contributed by atoms with Crippen LogP contribution in [0.1, 0.15) is 11.1 Å². The van der Waals surface area contributed by atoms with Gasteiger partial charge in [0.2, 0.25) is 0 Å². The quantitative estimate of drug-likeness (QED) is 0.694. The molecule has 21 heavy (non-hydrogen) atoms. The van der Waals surface area contributed by atoms with E-state index in [4.69, 9.17) is 0 Å². The number of hydrogen-bond acceptors (Lipinski definition) is 4. The molecule has 0 heterocycles. The summed E-state index contributed by atoms with van der Waals surface area (Å²) in [5.41, 5.74) is 1.53. The summed E-state index contributed by atoms with van der Waals surface area (Å²) in [4.78, 5) is 9.98. The van der Waals surface area contributed by atoms with E-state index in [0.717, 1.165) is 5.56 Å². The molecule has 0 aliphatic carbocycles. The van der Waals surface area contributed by atoms with Crippen LogP contribution in [0.25, 0.3) is 0 Å². The lowest BCUT2D eigenvalue weighted by atomic mass is 10.2. The molecule has 0 spiro atoms. The molecule has 0 saturated heterocycles. The minimum Gasteiger partial charge on any atom is -0.279 e. The Kier molecular flexibility index (Phi) is 3.95. The van der Waals surface area contributed by atoms with E-state index < -0.39 is 20.6 Å². The lowest BCUT2D eigenvalue weighted by molar-refractivity contribution is -0.387. The molecule has 110 valence electrons. The molecular formula is C14H14N2O4S. The maximum absolute atomic E-state index is 12.3. The van der Waals surface area contributed by atoms with E-state index in [1.807, 2.05) is 6.92 Å². The molecule has 2 aromatic carbocycles. The molecule has 0 amide bonds. The molecule has 0 aliphatic heterocycles. The highest BCUT2D eigenvalue weighted by Crippen LogP contribution is 2.26. The zero-order chi connectivity index (χ0) is 15.6. The highest BCUT2D eigenvalue weighted by molar-refractivity contribution is 7.92. The van der Waals surface area contributed by atoms with Gasteiger partial charge in [-0.3, -0.25) is 14.8 Å². The molecular weight excluding hydrogens is 292 g/mol. The molecule has 0 unspecified atom stereocenters. The van der Waals surface area contributed by atoms with Crippen molar-refractivity contribution in [2.24, 2.45) is 0 Å². The van der Waals surface area contributed by atoms with Crippen LogP contribution in [0.3, 0.4) is 0 Å². The number of anilines is 1. The second-order valence-corrected chi connectivity index (χ2v) is 6.35. The number of sulfonamides is 1. The fourth-order valence-electron chi connectivity index (χ4n) is 1.83. The molecule has 7 heteroatoms.